The third-order valence-corrected chi connectivity index (χ3v) is 5.72. The van der Waals surface area contributed by atoms with Crippen LogP contribution in [0.1, 0.15) is 28.6 Å². The Kier molecular flexibility index (Phi) is 5.63. The molecule has 0 spiro atoms. The topological polar surface area (TPSA) is 81.4 Å². The van der Waals surface area contributed by atoms with Crippen LogP contribution in [0.15, 0.2) is 59.0 Å². The van der Waals surface area contributed by atoms with Crippen LogP contribution >= 0.6 is 11.3 Å². The average Bonchev–Trinajstić information content (AvgIpc) is 3.39. The van der Waals surface area contributed by atoms with E-state index in [1.807, 2.05) is 36.4 Å². The number of hydrogen-bond acceptors (Lipinski definition) is 6. The summed E-state index contributed by atoms with van der Waals surface area (Å²) in [4.78, 5) is 28.6. The van der Waals surface area contributed by atoms with E-state index in [9.17, 15) is 9.59 Å². The fourth-order valence-corrected chi connectivity index (χ4v) is 4.05. The van der Waals surface area contributed by atoms with E-state index in [1.54, 1.807) is 29.5 Å². The molecule has 4 rings (SSSR count). The molecule has 0 aliphatic carbocycles. The van der Waals surface area contributed by atoms with Crippen molar-refractivity contribution in [3.8, 4) is 16.5 Å². The first-order valence-corrected chi connectivity index (χ1v) is 10.2. The van der Waals surface area contributed by atoms with Crippen molar-refractivity contribution in [2.45, 2.75) is 19.9 Å². The van der Waals surface area contributed by atoms with E-state index in [4.69, 9.17) is 9.15 Å². The number of nitrogens with zero attached hydrogens (tertiary/aromatic N) is 1. The predicted octanol–water partition coefficient (Wildman–Crippen LogP) is 4.63. The van der Waals surface area contributed by atoms with Crippen molar-refractivity contribution in [3.05, 3.63) is 71.5 Å². The molecule has 30 heavy (non-hydrogen) atoms. The molecule has 1 N–H and O–H groups in total. The molecule has 0 atom stereocenters. The van der Waals surface area contributed by atoms with Gasteiger partial charge in [-0.15, -0.1) is 11.3 Å². The molecule has 0 saturated carbocycles. The molecule has 2 aromatic carbocycles. The lowest BCUT2D eigenvalue weighted by Gasteiger charge is -2.10. The van der Waals surface area contributed by atoms with Gasteiger partial charge in [-0.3, -0.25) is 9.59 Å². The van der Waals surface area contributed by atoms with Crippen LogP contribution in [-0.4, -0.2) is 23.8 Å². The fraction of sp³-hybridized carbons (Fsp3) is 0.174. The SMILES string of the molecule is COc1ccc(C(C)=O)cc1CC(=O)NCc1ccc(-c2nc3ccccc3s2)o1. The normalized spacial score (nSPS) is 10.9. The maximum Gasteiger partial charge on any atom is 0.224 e. The summed E-state index contributed by atoms with van der Waals surface area (Å²) in [6.45, 7) is 1.75. The highest BCUT2D eigenvalue weighted by Gasteiger charge is 2.14. The van der Waals surface area contributed by atoms with Gasteiger partial charge >= 0.3 is 0 Å². The number of ether oxygens (including phenoxy) is 1. The summed E-state index contributed by atoms with van der Waals surface area (Å²) in [6.07, 6.45) is 0.107. The third-order valence-electron chi connectivity index (χ3n) is 4.66. The van der Waals surface area contributed by atoms with Gasteiger partial charge in [0.2, 0.25) is 5.91 Å². The molecule has 7 heteroatoms. The average molecular weight is 420 g/mol. The molecule has 4 aromatic rings. The number of thiazole rings is 1. The van der Waals surface area contributed by atoms with Crippen LogP contribution in [0.2, 0.25) is 0 Å². The molecule has 0 saturated heterocycles. The third kappa shape index (κ3) is 4.26. The van der Waals surface area contributed by atoms with Crippen molar-refractivity contribution in [2.24, 2.45) is 0 Å². The Balaban J connectivity index is 1.41. The number of amides is 1. The van der Waals surface area contributed by atoms with Gasteiger partial charge in [-0.1, -0.05) is 12.1 Å². The lowest BCUT2D eigenvalue weighted by Crippen LogP contribution is -2.24. The molecular formula is C23H20N2O4S. The highest BCUT2D eigenvalue weighted by Crippen LogP contribution is 2.31. The molecule has 0 aliphatic heterocycles. The molecule has 0 radical (unpaired) electrons. The van der Waals surface area contributed by atoms with Gasteiger partial charge < -0.3 is 14.5 Å². The van der Waals surface area contributed by atoms with E-state index in [0.717, 1.165) is 15.2 Å². The Morgan fingerprint density at radius 2 is 1.97 bits per heavy atom. The number of aromatic nitrogens is 1. The number of methoxy groups -OCH3 is 1. The highest BCUT2D eigenvalue weighted by molar-refractivity contribution is 7.21. The number of ketones is 1. The van der Waals surface area contributed by atoms with Crippen LogP contribution in [0, 0.1) is 0 Å². The van der Waals surface area contributed by atoms with Gasteiger partial charge in [0.25, 0.3) is 0 Å². The van der Waals surface area contributed by atoms with Crippen LogP contribution in [-0.2, 0) is 17.8 Å². The van der Waals surface area contributed by atoms with E-state index >= 15 is 0 Å². The minimum absolute atomic E-state index is 0.0581. The Morgan fingerprint density at radius 1 is 1.13 bits per heavy atom. The number of hydrogen-bond donors (Lipinski definition) is 1. The summed E-state index contributed by atoms with van der Waals surface area (Å²) in [5.74, 6) is 1.65. The van der Waals surface area contributed by atoms with Gasteiger partial charge in [0.15, 0.2) is 16.6 Å². The number of nitrogens with one attached hydrogen (secondary N) is 1. The summed E-state index contributed by atoms with van der Waals surface area (Å²) in [5, 5.41) is 3.65. The Labute approximate surface area is 177 Å². The van der Waals surface area contributed by atoms with Crippen molar-refractivity contribution >= 4 is 33.2 Å². The van der Waals surface area contributed by atoms with E-state index < -0.39 is 0 Å². The lowest BCUT2D eigenvalue weighted by atomic mass is 10.0. The molecule has 2 heterocycles. The van der Waals surface area contributed by atoms with E-state index in [2.05, 4.69) is 10.3 Å². The number of fused-ring (bicyclic) bond motifs is 1. The van der Waals surface area contributed by atoms with Gasteiger partial charge in [0, 0.05) is 11.1 Å². The summed E-state index contributed by atoms with van der Waals surface area (Å²) >= 11 is 1.56. The van der Waals surface area contributed by atoms with Crippen molar-refractivity contribution in [1.82, 2.24) is 10.3 Å². The zero-order valence-corrected chi connectivity index (χ0v) is 17.4. The quantitative estimate of drug-likeness (QED) is 0.441. The van der Waals surface area contributed by atoms with Crippen LogP contribution in [0.25, 0.3) is 21.0 Å². The maximum atomic E-state index is 12.4. The molecule has 0 fully saturated rings. The number of Topliss-reactive ketones (excluding diaryl/α,β-unsaturated/α-hetero) is 1. The van der Waals surface area contributed by atoms with Gasteiger partial charge in [0.1, 0.15) is 11.5 Å². The maximum absolute atomic E-state index is 12.4. The first kappa shape index (κ1) is 19.8. The van der Waals surface area contributed by atoms with Crippen molar-refractivity contribution in [1.29, 1.82) is 0 Å². The van der Waals surface area contributed by atoms with E-state index in [-0.39, 0.29) is 24.7 Å². The van der Waals surface area contributed by atoms with Crippen LogP contribution in [0.3, 0.4) is 0 Å². The Morgan fingerprint density at radius 3 is 2.73 bits per heavy atom. The molecule has 6 nitrogen and oxygen atoms in total. The molecule has 1 amide bonds. The lowest BCUT2D eigenvalue weighted by molar-refractivity contribution is -0.120. The van der Waals surface area contributed by atoms with Crippen molar-refractivity contribution < 1.29 is 18.7 Å². The number of carbonyl (C=O) groups is 2. The second kappa shape index (κ2) is 8.51. The minimum atomic E-state index is -0.188. The van der Waals surface area contributed by atoms with Gasteiger partial charge in [-0.05, 0) is 49.4 Å². The molecular weight excluding hydrogens is 400 g/mol. The summed E-state index contributed by atoms with van der Waals surface area (Å²) in [7, 11) is 1.54. The standard InChI is InChI=1S/C23H20N2O4S/c1-14(26)15-7-9-19(28-2)16(11-15)12-22(27)24-13-17-8-10-20(29-17)23-25-18-5-3-4-6-21(18)30-23/h3-11H,12-13H2,1-2H3,(H,24,27). The zero-order chi connectivity index (χ0) is 21.1. The smallest absolute Gasteiger partial charge is 0.224 e. The highest BCUT2D eigenvalue weighted by atomic mass is 32.1. The summed E-state index contributed by atoms with van der Waals surface area (Å²) in [5.41, 5.74) is 2.15. The summed E-state index contributed by atoms with van der Waals surface area (Å²) < 4.78 is 12.3. The number of para-hydroxylation sites is 1. The first-order chi connectivity index (χ1) is 14.5. The number of rotatable bonds is 7. The van der Waals surface area contributed by atoms with Crippen LogP contribution < -0.4 is 10.1 Å². The zero-order valence-electron chi connectivity index (χ0n) is 16.6. The van der Waals surface area contributed by atoms with Crippen molar-refractivity contribution in [2.75, 3.05) is 7.11 Å². The fourth-order valence-electron chi connectivity index (χ4n) is 3.12. The number of benzene rings is 2. The Bertz CT molecular complexity index is 1190. The Hall–Kier alpha value is -3.45. The second-order valence-electron chi connectivity index (χ2n) is 6.79. The molecule has 152 valence electrons. The molecule has 0 unspecified atom stereocenters. The second-order valence-corrected chi connectivity index (χ2v) is 7.82. The van der Waals surface area contributed by atoms with E-state index in [0.29, 0.717) is 28.4 Å². The van der Waals surface area contributed by atoms with Gasteiger partial charge in [0.05, 0.1) is 30.3 Å². The van der Waals surface area contributed by atoms with Gasteiger partial charge in [-0.25, -0.2) is 4.98 Å². The first-order valence-electron chi connectivity index (χ1n) is 9.42. The van der Waals surface area contributed by atoms with Crippen LogP contribution in [0.5, 0.6) is 5.75 Å². The monoisotopic (exact) mass is 420 g/mol. The largest absolute Gasteiger partial charge is 0.496 e. The molecule has 2 aromatic heterocycles. The summed E-state index contributed by atoms with van der Waals surface area (Å²) in [6, 6.07) is 16.7. The van der Waals surface area contributed by atoms with Crippen molar-refractivity contribution in [3.63, 3.8) is 0 Å². The minimum Gasteiger partial charge on any atom is -0.496 e. The molecule has 0 bridgehead atoms. The van der Waals surface area contributed by atoms with Crippen LogP contribution in [0.4, 0.5) is 0 Å². The molecule has 0 aliphatic rings. The predicted molar refractivity (Wildman–Crippen MR) is 116 cm³/mol. The number of furan rings is 1. The van der Waals surface area contributed by atoms with E-state index in [1.165, 1.54) is 14.0 Å². The number of carbonyl (C=O) groups excluding carboxylic acids is 2. The van der Waals surface area contributed by atoms with Gasteiger partial charge in [-0.2, -0.15) is 0 Å².